The predicted molar refractivity (Wildman–Crippen MR) is 83.3 cm³/mol. The van der Waals surface area contributed by atoms with Crippen molar-refractivity contribution in [1.29, 1.82) is 0 Å². The van der Waals surface area contributed by atoms with Gasteiger partial charge >= 0.3 is 0 Å². The minimum absolute atomic E-state index is 0.451. The van der Waals surface area contributed by atoms with Crippen molar-refractivity contribution in [3.05, 3.63) is 41.2 Å². The highest BCUT2D eigenvalue weighted by Gasteiger charge is 2.17. The molecule has 1 heterocycles. The average Bonchev–Trinajstić information content (AvgIpc) is 2.82. The largest absolute Gasteiger partial charge is 0.494 e. The van der Waals surface area contributed by atoms with E-state index >= 15 is 0 Å². The van der Waals surface area contributed by atoms with E-state index in [9.17, 15) is 0 Å². The molecule has 2 N–H and O–H groups in total. The predicted octanol–water partition coefficient (Wildman–Crippen LogP) is 2.56. The zero-order valence-corrected chi connectivity index (χ0v) is 13.3. The molecule has 0 fully saturated rings. The highest BCUT2D eigenvalue weighted by atomic mass is 16.5. The Kier molecular flexibility index (Phi) is 4.63. The van der Waals surface area contributed by atoms with E-state index in [0.717, 1.165) is 24.4 Å². The Hall–Kier alpha value is -1.88. The van der Waals surface area contributed by atoms with Gasteiger partial charge in [-0.2, -0.15) is 0 Å². The van der Waals surface area contributed by atoms with Gasteiger partial charge < -0.3 is 10.5 Å². The van der Waals surface area contributed by atoms with Crippen molar-refractivity contribution in [2.24, 2.45) is 5.73 Å². The second-order valence-electron chi connectivity index (χ2n) is 6.11. The molecule has 0 aliphatic heterocycles. The molecule has 0 aliphatic rings. The van der Waals surface area contributed by atoms with Crippen LogP contribution in [-0.2, 0) is 12.1 Å². The summed E-state index contributed by atoms with van der Waals surface area (Å²) in [5.74, 6) is 0.926. The number of aryl methyl sites for hydroxylation is 3. The summed E-state index contributed by atoms with van der Waals surface area (Å²) in [6, 6.07) is 6.24. The first-order valence-electron chi connectivity index (χ1n) is 7.25. The van der Waals surface area contributed by atoms with Gasteiger partial charge in [-0.3, -0.25) is 4.68 Å². The normalized spacial score (nSPS) is 11.7. The molecule has 0 aliphatic carbocycles. The van der Waals surface area contributed by atoms with Gasteiger partial charge in [0.05, 0.1) is 18.3 Å². The Morgan fingerprint density at radius 3 is 2.43 bits per heavy atom. The molecule has 0 amide bonds. The lowest BCUT2D eigenvalue weighted by Gasteiger charge is -2.13. The van der Waals surface area contributed by atoms with Crippen molar-refractivity contribution >= 4 is 0 Å². The fourth-order valence-corrected chi connectivity index (χ4v) is 2.14. The van der Waals surface area contributed by atoms with Gasteiger partial charge in [0.2, 0.25) is 0 Å². The first-order valence-corrected chi connectivity index (χ1v) is 7.25. The van der Waals surface area contributed by atoms with Crippen molar-refractivity contribution in [2.45, 2.75) is 46.2 Å². The third kappa shape index (κ3) is 4.56. The molecule has 0 radical (unpaired) electrons. The summed E-state index contributed by atoms with van der Waals surface area (Å²) in [5, 5.41) is 8.18. The monoisotopic (exact) mass is 288 g/mol. The maximum absolute atomic E-state index is 5.99. The maximum Gasteiger partial charge on any atom is 0.119 e. The van der Waals surface area contributed by atoms with Gasteiger partial charge in [-0.25, -0.2) is 0 Å². The molecule has 5 nitrogen and oxygen atoms in total. The standard InChI is InChI=1S/C16H24N4O/c1-12-8-13(2)10-14(9-12)21-7-5-6-20-11-15(18-19-20)16(3,4)17/h8-11H,5-7,17H2,1-4H3. The second kappa shape index (κ2) is 6.26. The molecule has 0 spiro atoms. The molecule has 2 rings (SSSR count). The van der Waals surface area contributed by atoms with E-state index in [-0.39, 0.29) is 0 Å². The smallest absolute Gasteiger partial charge is 0.119 e. The van der Waals surface area contributed by atoms with E-state index in [0.29, 0.717) is 6.61 Å². The molecular weight excluding hydrogens is 264 g/mol. The van der Waals surface area contributed by atoms with Crippen molar-refractivity contribution in [2.75, 3.05) is 6.61 Å². The molecule has 0 atom stereocenters. The van der Waals surface area contributed by atoms with Gasteiger partial charge in [0.15, 0.2) is 0 Å². The number of hydrogen-bond acceptors (Lipinski definition) is 4. The summed E-state index contributed by atoms with van der Waals surface area (Å²) in [6.07, 6.45) is 2.78. The molecule has 0 saturated heterocycles. The fraction of sp³-hybridized carbons (Fsp3) is 0.500. The van der Waals surface area contributed by atoms with Crippen LogP contribution in [0.15, 0.2) is 24.4 Å². The van der Waals surface area contributed by atoms with Crippen molar-refractivity contribution < 1.29 is 4.74 Å². The van der Waals surface area contributed by atoms with E-state index in [1.165, 1.54) is 11.1 Å². The van der Waals surface area contributed by atoms with Crippen LogP contribution in [0.5, 0.6) is 5.75 Å². The van der Waals surface area contributed by atoms with Crippen molar-refractivity contribution in [1.82, 2.24) is 15.0 Å². The Morgan fingerprint density at radius 2 is 1.86 bits per heavy atom. The van der Waals surface area contributed by atoms with Crippen LogP contribution in [0.4, 0.5) is 0 Å². The van der Waals surface area contributed by atoms with Gasteiger partial charge in [0.25, 0.3) is 0 Å². The molecule has 2 aromatic rings. The molecule has 1 aromatic carbocycles. The van der Waals surface area contributed by atoms with Crippen LogP contribution in [-0.4, -0.2) is 21.6 Å². The van der Waals surface area contributed by atoms with Crippen molar-refractivity contribution in [3.63, 3.8) is 0 Å². The van der Waals surface area contributed by atoms with Crippen LogP contribution in [0.3, 0.4) is 0 Å². The average molecular weight is 288 g/mol. The molecule has 0 bridgehead atoms. The summed E-state index contributed by atoms with van der Waals surface area (Å²) >= 11 is 0. The lowest BCUT2D eigenvalue weighted by molar-refractivity contribution is 0.297. The van der Waals surface area contributed by atoms with Crippen LogP contribution < -0.4 is 10.5 Å². The highest BCUT2D eigenvalue weighted by molar-refractivity contribution is 5.32. The van der Waals surface area contributed by atoms with Crippen LogP contribution in [0.1, 0.15) is 37.1 Å². The van der Waals surface area contributed by atoms with Crippen LogP contribution in [0, 0.1) is 13.8 Å². The lowest BCUT2D eigenvalue weighted by Crippen LogP contribution is -2.29. The molecule has 21 heavy (non-hydrogen) atoms. The Balaban J connectivity index is 1.81. The van der Waals surface area contributed by atoms with Gasteiger partial charge in [-0.05, 0) is 51.0 Å². The number of hydrogen-bond donors (Lipinski definition) is 1. The van der Waals surface area contributed by atoms with Crippen molar-refractivity contribution in [3.8, 4) is 5.75 Å². The Morgan fingerprint density at radius 1 is 1.19 bits per heavy atom. The van der Waals surface area contributed by atoms with E-state index in [2.05, 4.69) is 42.4 Å². The topological polar surface area (TPSA) is 66.0 Å². The van der Waals surface area contributed by atoms with Gasteiger partial charge in [0.1, 0.15) is 11.4 Å². The van der Waals surface area contributed by atoms with Gasteiger partial charge in [-0.1, -0.05) is 11.3 Å². The Bertz CT molecular complexity index is 578. The van der Waals surface area contributed by atoms with E-state index in [1.54, 1.807) is 0 Å². The van der Waals surface area contributed by atoms with Gasteiger partial charge in [-0.15, -0.1) is 5.10 Å². The SMILES string of the molecule is Cc1cc(C)cc(OCCCn2cc(C(C)(C)N)nn2)c1. The first-order chi connectivity index (χ1) is 9.84. The summed E-state index contributed by atoms with van der Waals surface area (Å²) in [7, 11) is 0. The summed E-state index contributed by atoms with van der Waals surface area (Å²) in [4.78, 5) is 0. The number of nitrogens with zero attached hydrogens (tertiary/aromatic N) is 3. The number of nitrogens with two attached hydrogens (primary N) is 1. The number of benzene rings is 1. The molecule has 5 heteroatoms. The van der Waals surface area contributed by atoms with Crippen LogP contribution in [0.25, 0.3) is 0 Å². The summed E-state index contributed by atoms with van der Waals surface area (Å²) in [6.45, 7) is 9.42. The molecule has 0 saturated carbocycles. The van der Waals surface area contributed by atoms with Gasteiger partial charge in [0, 0.05) is 13.0 Å². The fourth-order valence-electron chi connectivity index (χ4n) is 2.14. The molecular formula is C16H24N4O. The summed E-state index contributed by atoms with van der Waals surface area (Å²) in [5.41, 5.74) is 8.78. The lowest BCUT2D eigenvalue weighted by atomic mass is 10.0. The van der Waals surface area contributed by atoms with E-state index in [1.807, 2.05) is 24.7 Å². The molecule has 1 aromatic heterocycles. The Labute approximate surface area is 126 Å². The third-order valence-electron chi connectivity index (χ3n) is 3.19. The zero-order valence-electron chi connectivity index (χ0n) is 13.3. The minimum Gasteiger partial charge on any atom is -0.494 e. The third-order valence-corrected chi connectivity index (χ3v) is 3.19. The molecule has 0 unspecified atom stereocenters. The number of ether oxygens (including phenoxy) is 1. The minimum atomic E-state index is -0.451. The zero-order chi connectivity index (χ0) is 15.5. The summed E-state index contributed by atoms with van der Waals surface area (Å²) < 4.78 is 7.59. The quantitative estimate of drug-likeness (QED) is 0.830. The van der Waals surface area contributed by atoms with Crippen LogP contribution in [0.2, 0.25) is 0 Å². The second-order valence-corrected chi connectivity index (χ2v) is 6.11. The van der Waals surface area contributed by atoms with E-state index in [4.69, 9.17) is 10.5 Å². The first kappa shape index (κ1) is 15.5. The van der Waals surface area contributed by atoms with E-state index < -0.39 is 5.54 Å². The van der Waals surface area contributed by atoms with Crippen LogP contribution >= 0.6 is 0 Å². The molecule has 114 valence electrons. The highest BCUT2D eigenvalue weighted by Crippen LogP contribution is 2.16. The maximum atomic E-state index is 5.99. The number of aromatic nitrogens is 3. The number of rotatable bonds is 6.